The zero-order valence-electron chi connectivity index (χ0n) is 12.4. The fraction of sp³-hybridized carbons (Fsp3) is 0.118. The minimum absolute atomic E-state index is 0.162. The Morgan fingerprint density at radius 3 is 2.67 bits per heavy atom. The van der Waals surface area contributed by atoms with E-state index in [0.29, 0.717) is 11.4 Å². The van der Waals surface area contributed by atoms with Crippen LogP contribution in [0.4, 0.5) is 10.1 Å². The highest BCUT2D eigenvalue weighted by Crippen LogP contribution is 2.34. The van der Waals surface area contributed by atoms with E-state index in [1.807, 2.05) is 24.3 Å². The molecular formula is C17H12ClFN4O. The Balaban J connectivity index is 1.94. The first-order valence-electron chi connectivity index (χ1n) is 7.36. The smallest absolute Gasteiger partial charge is 0.300 e. The molecule has 0 amide bonds. The van der Waals surface area contributed by atoms with E-state index in [1.54, 1.807) is 4.68 Å². The van der Waals surface area contributed by atoms with Crippen molar-refractivity contribution in [3.05, 3.63) is 64.7 Å². The van der Waals surface area contributed by atoms with Crippen molar-refractivity contribution in [2.24, 2.45) is 0 Å². The normalized spacial score (nSPS) is 15.3. The average Bonchev–Trinajstić information content (AvgIpc) is 2.61. The van der Waals surface area contributed by atoms with E-state index < -0.39 is 5.56 Å². The van der Waals surface area contributed by atoms with Crippen molar-refractivity contribution in [1.82, 2.24) is 14.8 Å². The summed E-state index contributed by atoms with van der Waals surface area (Å²) in [5.74, 6) is 0.340. The number of hydrogen-bond donors (Lipinski definition) is 1. The van der Waals surface area contributed by atoms with Crippen molar-refractivity contribution in [2.45, 2.75) is 6.17 Å². The van der Waals surface area contributed by atoms with Gasteiger partial charge in [0.1, 0.15) is 12.0 Å². The van der Waals surface area contributed by atoms with Crippen molar-refractivity contribution in [3.63, 3.8) is 0 Å². The van der Waals surface area contributed by atoms with Gasteiger partial charge in [-0.2, -0.15) is 10.1 Å². The lowest BCUT2D eigenvalue weighted by atomic mass is 10.1. The van der Waals surface area contributed by atoms with Gasteiger partial charge in [-0.05, 0) is 36.4 Å². The van der Waals surface area contributed by atoms with Crippen LogP contribution in [-0.2, 0) is 0 Å². The van der Waals surface area contributed by atoms with Gasteiger partial charge >= 0.3 is 0 Å². The zero-order chi connectivity index (χ0) is 16.7. The van der Waals surface area contributed by atoms with Crippen LogP contribution in [0.1, 0.15) is 6.17 Å². The SMILES string of the molecule is O=c1nc2n(nc1-c1ccc(F)cc1)[C@H](CCl)Nc1ccccc1-2. The Bertz CT molecular complexity index is 971. The minimum atomic E-state index is -0.460. The topological polar surface area (TPSA) is 59.8 Å². The van der Waals surface area contributed by atoms with Crippen molar-refractivity contribution in [3.8, 4) is 22.6 Å². The number of rotatable bonds is 2. The van der Waals surface area contributed by atoms with Crippen LogP contribution in [0.3, 0.4) is 0 Å². The summed E-state index contributed by atoms with van der Waals surface area (Å²) < 4.78 is 14.7. The Kier molecular flexibility index (Phi) is 3.54. The average molecular weight is 343 g/mol. The van der Waals surface area contributed by atoms with Gasteiger partial charge in [0.15, 0.2) is 11.5 Å². The molecule has 2 aromatic carbocycles. The first kappa shape index (κ1) is 14.8. The molecule has 0 saturated carbocycles. The first-order valence-corrected chi connectivity index (χ1v) is 7.89. The van der Waals surface area contributed by atoms with Crippen LogP contribution >= 0.6 is 11.6 Å². The molecular weight excluding hydrogens is 331 g/mol. The van der Waals surface area contributed by atoms with Crippen LogP contribution in [0, 0.1) is 5.82 Å². The summed E-state index contributed by atoms with van der Waals surface area (Å²) in [6.45, 7) is 0. The number of nitrogens with zero attached hydrogens (tertiary/aromatic N) is 3. The number of alkyl halides is 1. The zero-order valence-corrected chi connectivity index (χ0v) is 13.2. The van der Waals surface area contributed by atoms with E-state index in [1.165, 1.54) is 24.3 Å². The van der Waals surface area contributed by atoms with Gasteiger partial charge in [-0.15, -0.1) is 11.6 Å². The van der Waals surface area contributed by atoms with Gasteiger partial charge in [0, 0.05) is 16.8 Å². The molecule has 1 atom stereocenters. The van der Waals surface area contributed by atoms with Gasteiger partial charge in [-0.1, -0.05) is 12.1 Å². The monoisotopic (exact) mass is 342 g/mol. The first-order chi connectivity index (χ1) is 11.7. The van der Waals surface area contributed by atoms with E-state index in [-0.39, 0.29) is 23.6 Å². The molecule has 0 bridgehead atoms. The van der Waals surface area contributed by atoms with Gasteiger partial charge < -0.3 is 5.32 Å². The maximum Gasteiger partial charge on any atom is 0.300 e. The molecule has 5 nitrogen and oxygen atoms in total. The minimum Gasteiger partial charge on any atom is -0.362 e. The number of aromatic nitrogens is 3. The molecule has 0 aliphatic carbocycles. The number of para-hydroxylation sites is 1. The van der Waals surface area contributed by atoms with Crippen LogP contribution < -0.4 is 10.9 Å². The van der Waals surface area contributed by atoms with Crippen LogP contribution in [0.5, 0.6) is 0 Å². The number of halogens is 2. The van der Waals surface area contributed by atoms with Crippen LogP contribution in [0.15, 0.2) is 53.3 Å². The Morgan fingerprint density at radius 2 is 1.92 bits per heavy atom. The van der Waals surface area contributed by atoms with Crippen LogP contribution in [-0.4, -0.2) is 20.6 Å². The molecule has 3 aromatic rings. The molecule has 1 aromatic heterocycles. The van der Waals surface area contributed by atoms with Crippen molar-refractivity contribution in [1.29, 1.82) is 0 Å². The quantitative estimate of drug-likeness (QED) is 0.726. The van der Waals surface area contributed by atoms with Crippen LogP contribution in [0.25, 0.3) is 22.6 Å². The summed E-state index contributed by atoms with van der Waals surface area (Å²) in [5, 5.41) is 7.71. The molecule has 4 rings (SSSR count). The van der Waals surface area contributed by atoms with Gasteiger partial charge in [-0.3, -0.25) is 4.79 Å². The highest BCUT2D eigenvalue weighted by atomic mass is 35.5. The molecule has 0 radical (unpaired) electrons. The molecule has 1 N–H and O–H groups in total. The van der Waals surface area contributed by atoms with E-state index in [2.05, 4.69) is 15.4 Å². The third-order valence-corrected chi connectivity index (χ3v) is 4.18. The molecule has 120 valence electrons. The number of nitrogens with one attached hydrogen (secondary N) is 1. The Labute approximate surface area is 141 Å². The van der Waals surface area contributed by atoms with E-state index in [9.17, 15) is 9.18 Å². The summed E-state index contributed by atoms with van der Waals surface area (Å²) in [6, 6.07) is 13.1. The fourth-order valence-electron chi connectivity index (χ4n) is 2.74. The maximum atomic E-state index is 13.1. The molecule has 0 fully saturated rings. The maximum absolute atomic E-state index is 13.1. The Hall–Kier alpha value is -2.73. The predicted octanol–water partition coefficient (Wildman–Crippen LogP) is 3.27. The second kappa shape index (κ2) is 5.72. The summed E-state index contributed by atoms with van der Waals surface area (Å²) in [6.07, 6.45) is -0.330. The number of benzene rings is 2. The lowest BCUT2D eigenvalue weighted by molar-refractivity contribution is 0.525. The lowest BCUT2D eigenvalue weighted by Gasteiger charge is -2.28. The van der Waals surface area contributed by atoms with E-state index in [4.69, 9.17) is 11.6 Å². The van der Waals surface area contributed by atoms with Gasteiger partial charge in [0.2, 0.25) is 0 Å². The number of fused-ring (bicyclic) bond motifs is 3. The van der Waals surface area contributed by atoms with Crippen molar-refractivity contribution < 1.29 is 4.39 Å². The van der Waals surface area contributed by atoms with Crippen molar-refractivity contribution in [2.75, 3.05) is 11.2 Å². The number of anilines is 1. The second-order valence-corrected chi connectivity index (χ2v) is 5.71. The lowest BCUT2D eigenvalue weighted by Crippen LogP contribution is -2.32. The van der Waals surface area contributed by atoms with Gasteiger partial charge in [0.25, 0.3) is 5.56 Å². The Morgan fingerprint density at radius 1 is 1.17 bits per heavy atom. The standard InChI is InChI=1S/C17H12ClFN4O/c18-9-14-20-13-4-2-1-3-12(13)16-21-17(24)15(22-23(14)16)10-5-7-11(19)8-6-10/h1-8,14,20H,9H2/t14-/m1/s1. The fourth-order valence-corrected chi connectivity index (χ4v) is 2.94. The molecule has 1 aliphatic heterocycles. The molecule has 0 unspecified atom stereocenters. The van der Waals surface area contributed by atoms with Gasteiger partial charge in [0.05, 0.1) is 5.88 Å². The molecule has 0 spiro atoms. The highest BCUT2D eigenvalue weighted by molar-refractivity contribution is 6.18. The summed E-state index contributed by atoms with van der Waals surface area (Å²) in [4.78, 5) is 16.7. The third kappa shape index (κ3) is 2.35. The van der Waals surface area contributed by atoms with Gasteiger partial charge in [-0.25, -0.2) is 9.07 Å². The van der Waals surface area contributed by atoms with Crippen molar-refractivity contribution >= 4 is 17.3 Å². The van der Waals surface area contributed by atoms with E-state index in [0.717, 1.165) is 11.3 Å². The molecule has 24 heavy (non-hydrogen) atoms. The molecule has 7 heteroatoms. The summed E-state index contributed by atoms with van der Waals surface area (Å²) in [5.41, 5.74) is 1.85. The second-order valence-electron chi connectivity index (χ2n) is 5.40. The molecule has 2 heterocycles. The predicted molar refractivity (Wildman–Crippen MR) is 90.5 cm³/mol. The highest BCUT2D eigenvalue weighted by Gasteiger charge is 2.26. The van der Waals surface area contributed by atoms with Crippen LogP contribution in [0.2, 0.25) is 0 Å². The third-order valence-electron chi connectivity index (χ3n) is 3.88. The summed E-state index contributed by atoms with van der Waals surface area (Å²) in [7, 11) is 0. The molecule has 1 aliphatic rings. The number of hydrogen-bond acceptors (Lipinski definition) is 4. The summed E-state index contributed by atoms with van der Waals surface area (Å²) >= 11 is 6.05. The largest absolute Gasteiger partial charge is 0.362 e. The van der Waals surface area contributed by atoms with E-state index >= 15 is 0 Å². The molecule has 0 saturated heterocycles.